The Morgan fingerprint density at radius 3 is 2.55 bits per heavy atom. The van der Waals surface area contributed by atoms with E-state index in [4.69, 9.17) is 5.73 Å². The number of aromatic nitrogens is 3. The highest BCUT2D eigenvalue weighted by Crippen LogP contribution is 2.19. The normalized spacial score (nSPS) is 10.8. The highest BCUT2D eigenvalue weighted by atomic mass is 32.1. The molecule has 20 heavy (non-hydrogen) atoms. The Balaban J connectivity index is 1.78. The molecule has 0 spiro atoms. The smallest absolute Gasteiger partial charge is 0.181 e. The molecular weight excluding hydrogens is 268 g/mol. The van der Waals surface area contributed by atoms with Crippen molar-refractivity contribution < 1.29 is 0 Å². The fourth-order valence-corrected chi connectivity index (χ4v) is 2.94. The van der Waals surface area contributed by atoms with Crippen LogP contribution in [0, 0.1) is 0 Å². The van der Waals surface area contributed by atoms with Crippen molar-refractivity contribution in [3.05, 3.63) is 52.5 Å². The van der Waals surface area contributed by atoms with Crippen LogP contribution in [0.3, 0.4) is 0 Å². The molecule has 2 N–H and O–H groups in total. The van der Waals surface area contributed by atoms with Crippen molar-refractivity contribution in [1.29, 1.82) is 0 Å². The lowest BCUT2D eigenvalue weighted by atomic mass is 10.2. The van der Waals surface area contributed by atoms with Gasteiger partial charge in [0.1, 0.15) is 6.33 Å². The molecule has 0 saturated carbocycles. The highest BCUT2D eigenvalue weighted by molar-refractivity contribution is 7.11. The fraction of sp³-hybridized carbons (Fsp3) is 0.200. The SMILES string of the molecule is CCc1ccc(Cn2cnc(-c3ccc(N)cc3)n2)s1. The molecule has 3 aromatic rings. The van der Waals surface area contributed by atoms with Crippen LogP contribution in [-0.2, 0) is 13.0 Å². The zero-order chi connectivity index (χ0) is 13.9. The summed E-state index contributed by atoms with van der Waals surface area (Å²) < 4.78 is 1.87. The third-order valence-electron chi connectivity index (χ3n) is 3.09. The average Bonchev–Trinajstić information content (AvgIpc) is 3.09. The molecule has 102 valence electrons. The molecule has 0 aliphatic rings. The van der Waals surface area contributed by atoms with Gasteiger partial charge in [-0.05, 0) is 42.8 Å². The van der Waals surface area contributed by atoms with Gasteiger partial charge in [-0.15, -0.1) is 11.3 Å². The number of anilines is 1. The van der Waals surface area contributed by atoms with Gasteiger partial charge < -0.3 is 5.73 Å². The van der Waals surface area contributed by atoms with E-state index in [1.54, 1.807) is 6.33 Å². The minimum Gasteiger partial charge on any atom is -0.399 e. The monoisotopic (exact) mass is 284 g/mol. The molecular formula is C15H16N4S. The Kier molecular flexibility index (Phi) is 3.52. The van der Waals surface area contributed by atoms with Crippen molar-refractivity contribution >= 4 is 17.0 Å². The first-order valence-corrected chi connectivity index (χ1v) is 7.39. The quantitative estimate of drug-likeness (QED) is 0.748. The molecule has 0 aliphatic carbocycles. The summed E-state index contributed by atoms with van der Waals surface area (Å²) in [5.41, 5.74) is 7.42. The standard InChI is InChI=1S/C15H16N4S/c1-2-13-7-8-14(20-13)9-19-10-17-15(18-19)11-3-5-12(16)6-4-11/h3-8,10H,2,9,16H2,1H3. The molecule has 1 aromatic carbocycles. The van der Waals surface area contributed by atoms with E-state index in [0.717, 1.165) is 30.0 Å². The Labute approximate surface area is 121 Å². The van der Waals surface area contributed by atoms with Crippen LogP contribution < -0.4 is 5.73 Å². The summed E-state index contributed by atoms with van der Waals surface area (Å²) in [5, 5.41) is 4.51. The van der Waals surface area contributed by atoms with Crippen molar-refractivity contribution in [2.24, 2.45) is 0 Å². The molecule has 4 nitrogen and oxygen atoms in total. The van der Waals surface area contributed by atoms with E-state index < -0.39 is 0 Å². The average molecular weight is 284 g/mol. The topological polar surface area (TPSA) is 56.7 Å². The maximum absolute atomic E-state index is 5.68. The van der Waals surface area contributed by atoms with Crippen molar-refractivity contribution in [2.75, 3.05) is 5.73 Å². The number of benzene rings is 1. The molecule has 3 rings (SSSR count). The Hall–Kier alpha value is -2.14. The summed E-state index contributed by atoms with van der Waals surface area (Å²) in [6.07, 6.45) is 2.86. The Morgan fingerprint density at radius 1 is 1.10 bits per heavy atom. The van der Waals surface area contributed by atoms with Gasteiger partial charge in [0.25, 0.3) is 0 Å². The number of aryl methyl sites for hydroxylation is 1. The van der Waals surface area contributed by atoms with Gasteiger partial charge >= 0.3 is 0 Å². The summed E-state index contributed by atoms with van der Waals surface area (Å²) in [7, 11) is 0. The van der Waals surface area contributed by atoms with Gasteiger partial charge in [0.05, 0.1) is 6.54 Å². The first-order chi connectivity index (χ1) is 9.74. The van der Waals surface area contributed by atoms with Crippen LogP contribution in [0.25, 0.3) is 11.4 Å². The van der Waals surface area contributed by atoms with Gasteiger partial charge in [-0.1, -0.05) is 6.92 Å². The van der Waals surface area contributed by atoms with Crippen LogP contribution in [0.15, 0.2) is 42.7 Å². The van der Waals surface area contributed by atoms with E-state index in [0.29, 0.717) is 0 Å². The van der Waals surface area contributed by atoms with Crippen LogP contribution in [0.1, 0.15) is 16.7 Å². The van der Waals surface area contributed by atoms with Crippen molar-refractivity contribution in [2.45, 2.75) is 19.9 Å². The maximum Gasteiger partial charge on any atom is 0.181 e. The van der Waals surface area contributed by atoms with E-state index in [2.05, 4.69) is 29.1 Å². The van der Waals surface area contributed by atoms with Crippen LogP contribution in [0.5, 0.6) is 0 Å². The Bertz CT molecular complexity index is 697. The van der Waals surface area contributed by atoms with E-state index >= 15 is 0 Å². The van der Waals surface area contributed by atoms with Crippen molar-refractivity contribution in [1.82, 2.24) is 14.8 Å². The molecule has 0 fully saturated rings. The van der Waals surface area contributed by atoms with Gasteiger partial charge in [0.15, 0.2) is 5.82 Å². The maximum atomic E-state index is 5.68. The number of nitrogens with zero attached hydrogens (tertiary/aromatic N) is 3. The first-order valence-electron chi connectivity index (χ1n) is 6.57. The summed E-state index contributed by atoms with van der Waals surface area (Å²) in [4.78, 5) is 7.06. The van der Waals surface area contributed by atoms with Gasteiger partial charge in [0, 0.05) is 21.0 Å². The number of hydrogen-bond donors (Lipinski definition) is 1. The third-order valence-corrected chi connectivity index (χ3v) is 4.30. The van der Waals surface area contributed by atoms with Gasteiger partial charge in [-0.2, -0.15) is 5.10 Å². The molecule has 5 heteroatoms. The zero-order valence-electron chi connectivity index (χ0n) is 11.3. The van der Waals surface area contributed by atoms with Crippen molar-refractivity contribution in [3.63, 3.8) is 0 Å². The largest absolute Gasteiger partial charge is 0.399 e. The summed E-state index contributed by atoms with van der Waals surface area (Å²) in [6.45, 7) is 2.94. The second-order valence-electron chi connectivity index (χ2n) is 4.61. The molecule has 0 aliphatic heterocycles. The fourth-order valence-electron chi connectivity index (χ4n) is 1.99. The van der Waals surface area contributed by atoms with Crippen LogP contribution in [-0.4, -0.2) is 14.8 Å². The minimum absolute atomic E-state index is 0.734. The molecule has 0 atom stereocenters. The zero-order valence-corrected chi connectivity index (χ0v) is 12.1. The lowest BCUT2D eigenvalue weighted by Gasteiger charge is -1.98. The number of thiophene rings is 1. The lowest BCUT2D eigenvalue weighted by Crippen LogP contribution is -1.98. The van der Waals surface area contributed by atoms with Crippen LogP contribution in [0.2, 0.25) is 0 Å². The minimum atomic E-state index is 0.734. The molecule has 0 saturated heterocycles. The number of nitrogen functional groups attached to an aromatic ring is 1. The van der Waals surface area contributed by atoms with Crippen LogP contribution >= 0.6 is 11.3 Å². The third kappa shape index (κ3) is 2.72. The number of rotatable bonds is 4. The number of nitrogens with two attached hydrogens (primary N) is 1. The van der Waals surface area contributed by atoms with E-state index in [1.807, 2.05) is 40.3 Å². The number of hydrogen-bond acceptors (Lipinski definition) is 4. The predicted molar refractivity (Wildman–Crippen MR) is 82.7 cm³/mol. The molecule has 0 unspecified atom stereocenters. The van der Waals surface area contributed by atoms with E-state index in [-0.39, 0.29) is 0 Å². The Morgan fingerprint density at radius 2 is 1.85 bits per heavy atom. The molecule has 2 aromatic heterocycles. The van der Waals surface area contributed by atoms with Gasteiger partial charge in [-0.3, -0.25) is 0 Å². The molecule has 0 amide bonds. The van der Waals surface area contributed by atoms with Crippen LogP contribution in [0.4, 0.5) is 5.69 Å². The summed E-state index contributed by atoms with van der Waals surface area (Å²) in [6, 6.07) is 11.9. The second-order valence-corrected chi connectivity index (χ2v) is 5.86. The van der Waals surface area contributed by atoms with E-state index in [1.165, 1.54) is 9.75 Å². The second kappa shape index (κ2) is 5.46. The van der Waals surface area contributed by atoms with Crippen molar-refractivity contribution in [3.8, 4) is 11.4 Å². The molecule has 0 bridgehead atoms. The van der Waals surface area contributed by atoms with Gasteiger partial charge in [0.2, 0.25) is 0 Å². The molecule has 0 radical (unpaired) electrons. The predicted octanol–water partition coefficient (Wildman–Crippen LogP) is 3.20. The van der Waals surface area contributed by atoms with Gasteiger partial charge in [-0.25, -0.2) is 9.67 Å². The summed E-state index contributed by atoms with van der Waals surface area (Å²) in [5.74, 6) is 0.734. The molecule has 2 heterocycles. The first kappa shape index (κ1) is 12.9. The summed E-state index contributed by atoms with van der Waals surface area (Å²) >= 11 is 1.83. The van der Waals surface area contributed by atoms with E-state index in [9.17, 15) is 0 Å². The highest BCUT2D eigenvalue weighted by Gasteiger charge is 2.05. The lowest BCUT2D eigenvalue weighted by molar-refractivity contribution is 0.695.